The molecule has 1 saturated carbocycles. The molecule has 0 N–H and O–H groups in total. The van der Waals surface area contributed by atoms with Gasteiger partial charge in [-0.05, 0) is 19.3 Å². The third-order valence-corrected chi connectivity index (χ3v) is 2.33. The molecule has 0 aliphatic heterocycles. The van der Waals surface area contributed by atoms with Crippen molar-refractivity contribution < 1.29 is 9.53 Å². The second-order valence-electron chi connectivity index (χ2n) is 3.37. The predicted molar refractivity (Wildman–Crippen MR) is 47.5 cm³/mol. The summed E-state index contributed by atoms with van der Waals surface area (Å²) in [7, 11) is 0. The number of hydrogen-bond donors (Lipinski definition) is 0. The molecule has 2 heteroatoms. The minimum Gasteiger partial charge on any atom is -0.465 e. The van der Waals surface area contributed by atoms with E-state index in [0.29, 0.717) is 6.61 Å². The van der Waals surface area contributed by atoms with Gasteiger partial charge in [-0.1, -0.05) is 26.2 Å². The van der Waals surface area contributed by atoms with Gasteiger partial charge in [-0.15, -0.1) is 0 Å². The summed E-state index contributed by atoms with van der Waals surface area (Å²) in [6.45, 7) is 2.36. The van der Waals surface area contributed by atoms with Crippen molar-refractivity contribution >= 4 is 5.97 Å². The maximum atomic E-state index is 11.3. The van der Waals surface area contributed by atoms with Gasteiger partial charge in [-0.3, -0.25) is 4.79 Å². The van der Waals surface area contributed by atoms with Crippen LogP contribution in [0.25, 0.3) is 0 Å². The van der Waals surface area contributed by atoms with E-state index in [2.05, 4.69) is 0 Å². The first-order chi connectivity index (χ1) is 5.84. The summed E-state index contributed by atoms with van der Waals surface area (Å²) in [5, 5.41) is 0. The van der Waals surface area contributed by atoms with Crippen LogP contribution in [0.4, 0.5) is 0 Å². The van der Waals surface area contributed by atoms with Crippen molar-refractivity contribution in [1.29, 1.82) is 0 Å². The molecule has 1 fully saturated rings. The summed E-state index contributed by atoms with van der Waals surface area (Å²) in [5.41, 5.74) is 0. The van der Waals surface area contributed by atoms with Gasteiger partial charge in [0.05, 0.1) is 12.5 Å². The van der Waals surface area contributed by atoms with Crippen molar-refractivity contribution in [3.63, 3.8) is 0 Å². The van der Waals surface area contributed by atoms with Crippen LogP contribution in [-0.4, -0.2) is 12.6 Å². The highest BCUT2D eigenvalue weighted by atomic mass is 16.5. The smallest absolute Gasteiger partial charge is 0.308 e. The van der Waals surface area contributed by atoms with Crippen LogP contribution in [0.3, 0.4) is 0 Å². The molecular formula is C10H17O2. The van der Waals surface area contributed by atoms with E-state index in [4.69, 9.17) is 4.74 Å². The van der Waals surface area contributed by atoms with E-state index in [0.717, 1.165) is 12.8 Å². The lowest BCUT2D eigenvalue weighted by Crippen LogP contribution is -2.20. The fraction of sp³-hybridized carbons (Fsp3) is 0.800. The first-order valence-corrected chi connectivity index (χ1v) is 4.79. The fourth-order valence-corrected chi connectivity index (χ4v) is 1.62. The molecule has 1 rings (SSSR count). The highest BCUT2D eigenvalue weighted by Crippen LogP contribution is 2.24. The van der Waals surface area contributed by atoms with Crippen LogP contribution >= 0.6 is 0 Å². The van der Waals surface area contributed by atoms with Gasteiger partial charge in [0.2, 0.25) is 0 Å². The zero-order chi connectivity index (χ0) is 8.81. The Labute approximate surface area is 74.3 Å². The summed E-state index contributed by atoms with van der Waals surface area (Å²) >= 11 is 0. The number of hydrogen-bond acceptors (Lipinski definition) is 2. The molecule has 2 nitrogen and oxygen atoms in total. The highest BCUT2D eigenvalue weighted by molar-refractivity contribution is 5.72. The Morgan fingerprint density at radius 1 is 1.42 bits per heavy atom. The van der Waals surface area contributed by atoms with Gasteiger partial charge < -0.3 is 4.74 Å². The van der Waals surface area contributed by atoms with Gasteiger partial charge in [0.1, 0.15) is 0 Å². The summed E-state index contributed by atoms with van der Waals surface area (Å²) in [5.74, 6) is 0.200. The molecule has 0 atom stereocenters. The van der Waals surface area contributed by atoms with Gasteiger partial charge in [0.25, 0.3) is 0 Å². The molecule has 0 aromatic heterocycles. The molecule has 1 radical (unpaired) electrons. The molecule has 0 heterocycles. The Hall–Kier alpha value is -0.530. The molecule has 69 valence electrons. The van der Waals surface area contributed by atoms with Gasteiger partial charge in [0.15, 0.2) is 0 Å². The SMILES string of the molecule is C[CH]COC(=O)C1CCCCC1. The lowest BCUT2D eigenvalue weighted by molar-refractivity contribution is -0.148. The van der Waals surface area contributed by atoms with Crippen LogP contribution < -0.4 is 0 Å². The Bertz CT molecular complexity index is 137. The third kappa shape index (κ3) is 2.84. The van der Waals surface area contributed by atoms with Crippen molar-refractivity contribution in [3.8, 4) is 0 Å². The quantitative estimate of drug-likeness (QED) is 0.606. The topological polar surface area (TPSA) is 26.3 Å². The van der Waals surface area contributed by atoms with Crippen LogP contribution in [0, 0.1) is 12.3 Å². The molecule has 12 heavy (non-hydrogen) atoms. The highest BCUT2D eigenvalue weighted by Gasteiger charge is 2.21. The molecule has 0 saturated heterocycles. The largest absolute Gasteiger partial charge is 0.465 e. The predicted octanol–water partition coefficient (Wildman–Crippen LogP) is 2.33. The normalized spacial score (nSPS) is 19.1. The Morgan fingerprint density at radius 2 is 2.08 bits per heavy atom. The van der Waals surface area contributed by atoms with Gasteiger partial charge >= 0.3 is 5.97 Å². The van der Waals surface area contributed by atoms with E-state index in [9.17, 15) is 4.79 Å². The van der Waals surface area contributed by atoms with E-state index in [-0.39, 0.29) is 11.9 Å². The molecule has 0 unspecified atom stereocenters. The molecule has 0 bridgehead atoms. The molecule has 0 spiro atoms. The minimum atomic E-state index is 0.00722. The zero-order valence-electron chi connectivity index (χ0n) is 7.71. The Kier molecular flexibility index (Phi) is 4.12. The zero-order valence-corrected chi connectivity index (χ0v) is 7.71. The van der Waals surface area contributed by atoms with Crippen LogP contribution in [0.1, 0.15) is 39.0 Å². The van der Waals surface area contributed by atoms with Crippen LogP contribution in [0.2, 0.25) is 0 Å². The first-order valence-electron chi connectivity index (χ1n) is 4.79. The van der Waals surface area contributed by atoms with Crippen molar-refractivity contribution in [2.45, 2.75) is 39.0 Å². The number of rotatable bonds is 3. The average molecular weight is 169 g/mol. The Balaban J connectivity index is 2.20. The van der Waals surface area contributed by atoms with Crippen LogP contribution in [-0.2, 0) is 9.53 Å². The van der Waals surface area contributed by atoms with Crippen molar-refractivity contribution in [2.75, 3.05) is 6.61 Å². The summed E-state index contributed by atoms with van der Waals surface area (Å²) < 4.78 is 5.04. The monoisotopic (exact) mass is 169 g/mol. The minimum absolute atomic E-state index is 0.00722. The molecule has 0 aromatic rings. The van der Waals surface area contributed by atoms with Gasteiger partial charge in [0, 0.05) is 0 Å². The van der Waals surface area contributed by atoms with E-state index in [1.165, 1.54) is 19.3 Å². The molecule has 0 amide bonds. The Morgan fingerprint density at radius 3 is 2.67 bits per heavy atom. The maximum absolute atomic E-state index is 11.3. The second kappa shape index (κ2) is 5.18. The van der Waals surface area contributed by atoms with Crippen LogP contribution in [0.5, 0.6) is 0 Å². The van der Waals surface area contributed by atoms with Gasteiger partial charge in [-0.25, -0.2) is 0 Å². The van der Waals surface area contributed by atoms with Crippen LogP contribution in [0.15, 0.2) is 0 Å². The summed E-state index contributed by atoms with van der Waals surface area (Å²) in [4.78, 5) is 11.3. The molecule has 1 aliphatic rings. The second-order valence-corrected chi connectivity index (χ2v) is 3.37. The summed E-state index contributed by atoms with van der Waals surface area (Å²) in [6, 6.07) is 0. The van der Waals surface area contributed by atoms with Crippen molar-refractivity contribution in [1.82, 2.24) is 0 Å². The van der Waals surface area contributed by atoms with Crippen molar-refractivity contribution in [3.05, 3.63) is 6.42 Å². The number of ether oxygens (including phenoxy) is 1. The summed E-state index contributed by atoms with van der Waals surface area (Å²) in [6.07, 6.45) is 7.58. The van der Waals surface area contributed by atoms with E-state index in [1.807, 2.05) is 13.3 Å². The van der Waals surface area contributed by atoms with Gasteiger partial charge in [-0.2, -0.15) is 0 Å². The lowest BCUT2D eigenvalue weighted by Gasteiger charge is -2.19. The number of carbonyl (C=O) groups is 1. The van der Waals surface area contributed by atoms with E-state index < -0.39 is 0 Å². The van der Waals surface area contributed by atoms with E-state index >= 15 is 0 Å². The fourth-order valence-electron chi connectivity index (χ4n) is 1.62. The lowest BCUT2D eigenvalue weighted by atomic mass is 9.89. The first kappa shape index (κ1) is 9.56. The third-order valence-electron chi connectivity index (χ3n) is 2.33. The number of carbonyl (C=O) groups excluding carboxylic acids is 1. The number of esters is 1. The van der Waals surface area contributed by atoms with Crippen molar-refractivity contribution in [2.24, 2.45) is 5.92 Å². The maximum Gasteiger partial charge on any atom is 0.308 e. The standard InChI is InChI=1S/C10H17O2/c1-2-8-12-10(11)9-6-4-3-5-7-9/h2,9H,3-8H2,1H3. The molecule has 0 aromatic carbocycles. The molecule has 1 aliphatic carbocycles. The average Bonchev–Trinajstić information content (AvgIpc) is 2.15. The molecular weight excluding hydrogens is 152 g/mol. The van der Waals surface area contributed by atoms with E-state index in [1.54, 1.807) is 0 Å².